The minimum absolute atomic E-state index is 0.0910. The minimum atomic E-state index is -0.0910. The number of hydrogen-bond acceptors (Lipinski definition) is 4. The molecule has 3 N–H and O–H groups in total. The summed E-state index contributed by atoms with van der Waals surface area (Å²) in [6, 6.07) is 4.09. The van der Waals surface area contributed by atoms with Crippen molar-refractivity contribution in [3.05, 3.63) is 38.3 Å². The summed E-state index contributed by atoms with van der Waals surface area (Å²) in [4.78, 5) is 0. The van der Waals surface area contributed by atoms with Crippen LogP contribution >= 0.6 is 34.5 Å². The Bertz CT molecular complexity index is 550. The van der Waals surface area contributed by atoms with Gasteiger partial charge in [-0.05, 0) is 26.0 Å². The van der Waals surface area contributed by atoms with Crippen LogP contribution in [0.5, 0.6) is 0 Å². The lowest BCUT2D eigenvalue weighted by Crippen LogP contribution is -2.29. The van der Waals surface area contributed by atoms with E-state index >= 15 is 0 Å². The zero-order valence-electron chi connectivity index (χ0n) is 10.7. The second-order valence-corrected chi connectivity index (χ2v) is 6.87. The summed E-state index contributed by atoms with van der Waals surface area (Å²) >= 11 is 13.5. The maximum Gasteiger partial charge on any atom is 0.0992 e. The molecule has 2 heterocycles. The zero-order valence-corrected chi connectivity index (χ0v) is 13.1. The van der Waals surface area contributed by atoms with E-state index in [1.165, 1.54) is 11.3 Å². The van der Waals surface area contributed by atoms with Gasteiger partial charge < -0.3 is 0 Å². The van der Waals surface area contributed by atoms with E-state index in [2.05, 4.69) is 24.4 Å². The average molecular weight is 319 g/mol. The molecule has 1 atom stereocenters. The van der Waals surface area contributed by atoms with E-state index in [1.807, 2.05) is 23.0 Å². The summed E-state index contributed by atoms with van der Waals surface area (Å²) in [5.74, 6) is 5.62. The van der Waals surface area contributed by atoms with Crippen LogP contribution in [0.15, 0.2) is 18.3 Å². The third kappa shape index (κ3) is 3.49. The lowest BCUT2D eigenvalue weighted by Gasteiger charge is -2.14. The lowest BCUT2D eigenvalue weighted by atomic mass is 10.1. The molecular weight excluding hydrogens is 303 g/mol. The summed E-state index contributed by atoms with van der Waals surface area (Å²) in [5.41, 5.74) is 4.66. The fraction of sp³-hybridized carbons (Fsp3) is 0.417. The molecule has 0 spiro atoms. The number of rotatable bonds is 5. The Morgan fingerprint density at radius 3 is 2.68 bits per heavy atom. The van der Waals surface area contributed by atoms with E-state index < -0.39 is 0 Å². The van der Waals surface area contributed by atoms with Crippen molar-refractivity contribution in [3.63, 3.8) is 0 Å². The van der Waals surface area contributed by atoms with E-state index in [4.69, 9.17) is 29.0 Å². The van der Waals surface area contributed by atoms with E-state index in [-0.39, 0.29) is 6.04 Å². The standard InChI is InChI=1S/C12H16Cl2N4S/c1-7(2)18-4-3-8(17-18)5-10(16-15)9-6-11(13)19-12(9)14/h3-4,6-7,10,16H,5,15H2,1-2H3. The number of hydrogen-bond donors (Lipinski definition) is 2. The number of hydrazine groups is 1. The maximum absolute atomic E-state index is 6.15. The highest BCUT2D eigenvalue weighted by Crippen LogP contribution is 2.35. The SMILES string of the molecule is CC(C)n1ccc(CC(NN)c2cc(Cl)sc2Cl)n1. The molecule has 7 heteroatoms. The monoisotopic (exact) mass is 318 g/mol. The summed E-state index contributed by atoms with van der Waals surface area (Å²) in [7, 11) is 0. The third-order valence-electron chi connectivity index (χ3n) is 2.87. The van der Waals surface area contributed by atoms with Gasteiger partial charge in [0.1, 0.15) is 0 Å². The maximum atomic E-state index is 6.15. The Kier molecular flexibility index (Phi) is 4.86. The number of aromatic nitrogens is 2. The lowest BCUT2D eigenvalue weighted by molar-refractivity contribution is 0.507. The van der Waals surface area contributed by atoms with Crippen LogP contribution in [0.3, 0.4) is 0 Å². The van der Waals surface area contributed by atoms with Gasteiger partial charge in [-0.15, -0.1) is 11.3 Å². The molecule has 1 unspecified atom stereocenters. The molecule has 0 saturated heterocycles. The van der Waals surface area contributed by atoms with Gasteiger partial charge in [0.05, 0.1) is 20.4 Å². The van der Waals surface area contributed by atoms with Crippen LogP contribution in [0.4, 0.5) is 0 Å². The fourth-order valence-electron chi connectivity index (χ4n) is 1.83. The molecular formula is C12H16Cl2N4S. The van der Waals surface area contributed by atoms with Crippen LogP contribution in [-0.2, 0) is 6.42 Å². The number of nitrogens with zero attached hydrogens (tertiary/aromatic N) is 2. The van der Waals surface area contributed by atoms with Gasteiger partial charge in [0, 0.05) is 24.2 Å². The molecule has 0 aromatic carbocycles. The Labute approximate surface area is 126 Å². The summed E-state index contributed by atoms with van der Waals surface area (Å²) in [6.07, 6.45) is 2.64. The minimum Gasteiger partial charge on any atom is -0.271 e. The molecule has 104 valence electrons. The van der Waals surface area contributed by atoms with Crippen molar-refractivity contribution in [3.8, 4) is 0 Å². The molecule has 0 amide bonds. The van der Waals surface area contributed by atoms with Gasteiger partial charge in [-0.3, -0.25) is 16.0 Å². The Morgan fingerprint density at radius 2 is 2.21 bits per heavy atom. The first-order valence-electron chi connectivity index (χ1n) is 5.96. The molecule has 2 aromatic rings. The first kappa shape index (κ1) is 14.8. The van der Waals surface area contributed by atoms with Crippen molar-refractivity contribution in [1.29, 1.82) is 0 Å². The van der Waals surface area contributed by atoms with Gasteiger partial charge >= 0.3 is 0 Å². The fourth-order valence-corrected chi connectivity index (χ4v) is 3.41. The number of nitrogens with one attached hydrogen (secondary N) is 1. The molecule has 2 rings (SSSR count). The highest BCUT2D eigenvalue weighted by molar-refractivity contribution is 7.20. The van der Waals surface area contributed by atoms with Gasteiger partial charge in [-0.2, -0.15) is 5.10 Å². The molecule has 0 aliphatic carbocycles. The first-order chi connectivity index (χ1) is 9.01. The molecule has 0 aliphatic heterocycles. The second-order valence-electron chi connectivity index (χ2n) is 4.58. The van der Waals surface area contributed by atoms with Gasteiger partial charge in [0.15, 0.2) is 0 Å². The average Bonchev–Trinajstić information content (AvgIpc) is 2.93. The molecule has 0 radical (unpaired) electrons. The van der Waals surface area contributed by atoms with Crippen molar-refractivity contribution >= 4 is 34.5 Å². The van der Waals surface area contributed by atoms with Crippen molar-refractivity contribution < 1.29 is 0 Å². The van der Waals surface area contributed by atoms with Crippen molar-refractivity contribution in [1.82, 2.24) is 15.2 Å². The van der Waals surface area contributed by atoms with Crippen LogP contribution in [0, 0.1) is 0 Å². The zero-order chi connectivity index (χ0) is 14.0. The normalized spacial score (nSPS) is 13.2. The van der Waals surface area contributed by atoms with Crippen LogP contribution in [0.2, 0.25) is 8.67 Å². The molecule has 0 bridgehead atoms. The van der Waals surface area contributed by atoms with Gasteiger partial charge in [0.25, 0.3) is 0 Å². The van der Waals surface area contributed by atoms with Gasteiger partial charge in [0.2, 0.25) is 0 Å². The van der Waals surface area contributed by atoms with E-state index in [0.29, 0.717) is 21.1 Å². The van der Waals surface area contributed by atoms with E-state index in [0.717, 1.165) is 11.3 Å². The molecule has 0 saturated carbocycles. The number of halogens is 2. The second kappa shape index (κ2) is 6.24. The van der Waals surface area contributed by atoms with Crippen molar-refractivity contribution in [2.24, 2.45) is 5.84 Å². The van der Waals surface area contributed by atoms with Crippen LogP contribution in [-0.4, -0.2) is 9.78 Å². The summed E-state index contributed by atoms with van der Waals surface area (Å²) in [5, 5.41) is 4.51. The van der Waals surface area contributed by atoms with Gasteiger partial charge in [-0.1, -0.05) is 23.2 Å². The molecule has 0 aliphatic rings. The molecule has 2 aromatic heterocycles. The highest BCUT2D eigenvalue weighted by Gasteiger charge is 2.18. The summed E-state index contributed by atoms with van der Waals surface area (Å²) < 4.78 is 3.25. The first-order valence-corrected chi connectivity index (χ1v) is 7.53. The van der Waals surface area contributed by atoms with Crippen molar-refractivity contribution in [2.45, 2.75) is 32.4 Å². The molecule has 4 nitrogen and oxygen atoms in total. The number of nitrogens with two attached hydrogens (primary N) is 1. The smallest absolute Gasteiger partial charge is 0.0992 e. The quantitative estimate of drug-likeness (QED) is 0.654. The molecule has 19 heavy (non-hydrogen) atoms. The predicted molar refractivity (Wildman–Crippen MR) is 80.7 cm³/mol. The number of thiophene rings is 1. The Balaban J connectivity index is 2.16. The van der Waals surface area contributed by atoms with Crippen molar-refractivity contribution in [2.75, 3.05) is 0 Å². The Hall–Kier alpha value is -0.590. The topological polar surface area (TPSA) is 55.9 Å². The summed E-state index contributed by atoms with van der Waals surface area (Å²) in [6.45, 7) is 4.18. The highest BCUT2D eigenvalue weighted by atomic mass is 35.5. The Morgan fingerprint density at radius 1 is 1.47 bits per heavy atom. The van der Waals surface area contributed by atoms with Crippen LogP contribution in [0.1, 0.15) is 37.2 Å². The van der Waals surface area contributed by atoms with Gasteiger partial charge in [-0.25, -0.2) is 0 Å². The third-order valence-corrected chi connectivity index (χ3v) is 4.38. The largest absolute Gasteiger partial charge is 0.271 e. The van der Waals surface area contributed by atoms with Crippen LogP contribution in [0.25, 0.3) is 0 Å². The van der Waals surface area contributed by atoms with E-state index in [9.17, 15) is 0 Å². The van der Waals surface area contributed by atoms with Crippen LogP contribution < -0.4 is 11.3 Å². The molecule has 0 fully saturated rings. The van der Waals surface area contributed by atoms with E-state index in [1.54, 1.807) is 0 Å². The predicted octanol–water partition coefficient (Wildman–Crippen LogP) is 3.58.